The van der Waals surface area contributed by atoms with E-state index in [-0.39, 0.29) is 5.91 Å². The van der Waals surface area contributed by atoms with Gasteiger partial charge in [0.05, 0.1) is 31.2 Å². The Morgan fingerprint density at radius 1 is 0.865 bits per heavy atom. The van der Waals surface area contributed by atoms with Crippen molar-refractivity contribution in [2.75, 3.05) is 32.4 Å². The van der Waals surface area contributed by atoms with Crippen molar-refractivity contribution in [2.45, 2.75) is 13.3 Å². The minimum Gasteiger partial charge on any atom is -0.493 e. The second-order valence-corrected chi connectivity index (χ2v) is 8.28. The Hall–Kier alpha value is -4.52. The van der Waals surface area contributed by atoms with Crippen LogP contribution in [0.3, 0.4) is 0 Å². The van der Waals surface area contributed by atoms with Crippen LogP contribution in [0.2, 0.25) is 0 Å². The van der Waals surface area contributed by atoms with Gasteiger partial charge in [-0.1, -0.05) is 36.4 Å². The number of hydrogen-bond acceptors (Lipinski definition) is 6. The van der Waals surface area contributed by atoms with Gasteiger partial charge in [-0.2, -0.15) is 10.1 Å². The minimum atomic E-state index is -0.173. The standard InChI is InChI=1S/C30H30N2O5/c1-5-9-22-12-14-26(28(19-22)34-3)36-16-17-37-27-15-13-23(20-29(27)35-4)18-25-21(2)31-32(30(25)33)24-10-7-6-8-11-24/h5-8,10-15,18-20H,1,9,16-17H2,2-4H3. The minimum absolute atomic E-state index is 0.173. The van der Waals surface area contributed by atoms with Crippen LogP contribution in [0.5, 0.6) is 23.0 Å². The Kier molecular flexibility index (Phi) is 8.26. The maximum Gasteiger partial charge on any atom is 0.280 e. The second-order valence-electron chi connectivity index (χ2n) is 8.28. The molecule has 3 aromatic rings. The summed E-state index contributed by atoms with van der Waals surface area (Å²) in [6.45, 7) is 6.22. The predicted molar refractivity (Wildman–Crippen MR) is 146 cm³/mol. The molecule has 0 atom stereocenters. The molecular formula is C30H30N2O5. The molecule has 1 aliphatic heterocycles. The largest absolute Gasteiger partial charge is 0.493 e. The zero-order valence-electron chi connectivity index (χ0n) is 21.3. The Morgan fingerprint density at radius 2 is 1.51 bits per heavy atom. The maximum absolute atomic E-state index is 13.0. The molecule has 0 fully saturated rings. The van der Waals surface area contributed by atoms with Crippen molar-refractivity contribution in [2.24, 2.45) is 5.10 Å². The topological polar surface area (TPSA) is 69.6 Å². The number of anilines is 1. The van der Waals surface area contributed by atoms with E-state index in [4.69, 9.17) is 18.9 Å². The summed E-state index contributed by atoms with van der Waals surface area (Å²) in [5.74, 6) is 2.28. The first-order valence-corrected chi connectivity index (χ1v) is 11.9. The van der Waals surface area contributed by atoms with Gasteiger partial charge in [0.2, 0.25) is 0 Å². The van der Waals surface area contributed by atoms with Gasteiger partial charge >= 0.3 is 0 Å². The van der Waals surface area contributed by atoms with Crippen molar-refractivity contribution in [1.29, 1.82) is 0 Å². The number of amides is 1. The number of hydrogen-bond donors (Lipinski definition) is 0. The van der Waals surface area contributed by atoms with Crippen molar-refractivity contribution in [3.63, 3.8) is 0 Å². The van der Waals surface area contributed by atoms with Crippen LogP contribution in [-0.4, -0.2) is 39.1 Å². The Labute approximate surface area is 217 Å². The SMILES string of the molecule is C=CCc1ccc(OCCOc2ccc(C=C3C(=O)N(c4ccccc4)N=C3C)cc2OC)c(OC)c1. The fourth-order valence-corrected chi connectivity index (χ4v) is 3.92. The average molecular weight is 499 g/mol. The summed E-state index contributed by atoms with van der Waals surface area (Å²) in [5.41, 5.74) is 3.81. The maximum atomic E-state index is 13.0. The van der Waals surface area contributed by atoms with E-state index in [0.717, 1.165) is 23.2 Å². The van der Waals surface area contributed by atoms with Gasteiger partial charge in [0.1, 0.15) is 13.2 Å². The van der Waals surface area contributed by atoms with Crippen LogP contribution in [0.1, 0.15) is 18.1 Å². The summed E-state index contributed by atoms with van der Waals surface area (Å²) in [6, 6.07) is 20.7. The molecule has 0 N–H and O–H groups in total. The molecule has 0 unspecified atom stereocenters. The van der Waals surface area contributed by atoms with Crippen LogP contribution in [0.25, 0.3) is 6.08 Å². The number of ether oxygens (including phenoxy) is 4. The molecule has 1 amide bonds. The predicted octanol–water partition coefficient (Wildman–Crippen LogP) is 5.70. The highest BCUT2D eigenvalue weighted by atomic mass is 16.5. The molecule has 37 heavy (non-hydrogen) atoms. The lowest BCUT2D eigenvalue weighted by Crippen LogP contribution is -2.21. The highest BCUT2D eigenvalue weighted by Crippen LogP contribution is 2.31. The van der Waals surface area contributed by atoms with Gasteiger partial charge in [-0.25, -0.2) is 0 Å². The summed E-state index contributed by atoms with van der Waals surface area (Å²) in [4.78, 5) is 13.0. The van der Waals surface area contributed by atoms with E-state index in [0.29, 0.717) is 47.5 Å². The molecular weight excluding hydrogens is 468 g/mol. The first-order valence-electron chi connectivity index (χ1n) is 11.9. The Balaban J connectivity index is 1.40. The molecule has 190 valence electrons. The summed E-state index contributed by atoms with van der Waals surface area (Å²) in [7, 11) is 3.19. The Bertz CT molecular complexity index is 1330. The third-order valence-corrected chi connectivity index (χ3v) is 5.77. The average Bonchev–Trinajstić information content (AvgIpc) is 3.21. The van der Waals surface area contributed by atoms with E-state index in [1.165, 1.54) is 5.01 Å². The van der Waals surface area contributed by atoms with Crippen LogP contribution >= 0.6 is 0 Å². The highest BCUT2D eigenvalue weighted by Gasteiger charge is 2.28. The summed E-state index contributed by atoms with van der Waals surface area (Å²) >= 11 is 0. The Morgan fingerprint density at radius 3 is 2.16 bits per heavy atom. The van der Waals surface area contributed by atoms with E-state index >= 15 is 0 Å². The van der Waals surface area contributed by atoms with Gasteiger partial charge in [-0.3, -0.25) is 4.79 Å². The number of methoxy groups -OCH3 is 2. The molecule has 1 aliphatic rings. The van der Waals surface area contributed by atoms with E-state index in [9.17, 15) is 4.79 Å². The van der Waals surface area contributed by atoms with Crippen LogP contribution in [0.15, 0.2) is 90.1 Å². The number of allylic oxidation sites excluding steroid dienone is 1. The zero-order chi connectivity index (χ0) is 26.2. The number of benzene rings is 3. The molecule has 1 heterocycles. The molecule has 0 saturated heterocycles. The number of carbonyl (C=O) groups is 1. The van der Waals surface area contributed by atoms with Crippen molar-refractivity contribution in [1.82, 2.24) is 0 Å². The molecule has 0 aliphatic carbocycles. The van der Waals surface area contributed by atoms with Gasteiger partial charge in [0, 0.05) is 0 Å². The van der Waals surface area contributed by atoms with Crippen LogP contribution in [0, 0.1) is 0 Å². The van der Waals surface area contributed by atoms with Gasteiger partial charge in [0.15, 0.2) is 23.0 Å². The van der Waals surface area contributed by atoms with Crippen molar-refractivity contribution in [3.05, 3.63) is 96.1 Å². The lowest BCUT2D eigenvalue weighted by Gasteiger charge is -2.14. The lowest BCUT2D eigenvalue weighted by atomic mass is 10.1. The quantitative estimate of drug-likeness (QED) is 0.193. The molecule has 0 radical (unpaired) electrons. The first-order chi connectivity index (χ1) is 18.0. The van der Waals surface area contributed by atoms with E-state index in [1.54, 1.807) is 14.2 Å². The lowest BCUT2D eigenvalue weighted by molar-refractivity contribution is -0.114. The number of nitrogens with zero attached hydrogens (tertiary/aromatic N) is 2. The fraction of sp³-hybridized carbons (Fsp3) is 0.200. The number of rotatable bonds is 11. The van der Waals surface area contributed by atoms with Gasteiger partial charge in [0.25, 0.3) is 5.91 Å². The third-order valence-electron chi connectivity index (χ3n) is 5.77. The van der Waals surface area contributed by atoms with Crippen molar-refractivity contribution >= 4 is 23.4 Å². The highest BCUT2D eigenvalue weighted by molar-refractivity contribution is 6.32. The third kappa shape index (κ3) is 6.01. The summed E-state index contributed by atoms with van der Waals surface area (Å²) in [5, 5.41) is 5.84. The number of carbonyl (C=O) groups excluding carboxylic acids is 1. The second kappa shape index (κ2) is 11.9. The van der Waals surface area contributed by atoms with Crippen LogP contribution in [0.4, 0.5) is 5.69 Å². The van der Waals surface area contributed by atoms with Gasteiger partial charge in [-0.15, -0.1) is 6.58 Å². The smallest absolute Gasteiger partial charge is 0.280 e. The molecule has 0 aromatic heterocycles. The van der Waals surface area contributed by atoms with Gasteiger partial charge in [-0.05, 0) is 66.9 Å². The fourth-order valence-electron chi connectivity index (χ4n) is 3.92. The summed E-state index contributed by atoms with van der Waals surface area (Å²) < 4.78 is 22.7. The summed E-state index contributed by atoms with van der Waals surface area (Å²) in [6.07, 6.45) is 4.41. The van der Waals surface area contributed by atoms with Crippen LogP contribution < -0.4 is 24.0 Å². The van der Waals surface area contributed by atoms with Crippen LogP contribution in [-0.2, 0) is 11.2 Å². The van der Waals surface area contributed by atoms with Crippen molar-refractivity contribution < 1.29 is 23.7 Å². The molecule has 0 bridgehead atoms. The molecule has 0 spiro atoms. The zero-order valence-corrected chi connectivity index (χ0v) is 21.3. The molecule has 3 aromatic carbocycles. The molecule has 0 saturated carbocycles. The monoisotopic (exact) mass is 498 g/mol. The number of hydrazone groups is 1. The van der Waals surface area contributed by atoms with E-state index < -0.39 is 0 Å². The van der Waals surface area contributed by atoms with E-state index in [1.807, 2.05) is 85.8 Å². The normalized spacial score (nSPS) is 13.9. The van der Waals surface area contributed by atoms with Gasteiger partial charge < -0.3 is 18.9 Å². The molecule has 7 heteroatoms. The van der Waals surface area contributed by atoms with Crippen molar-refractivity contribution in [3.8, 4) is 23.0 Å². The first kappa shape index (κ1) is 25.6. The molecule has 7 nitrogen and oxygen atoms in total. The van der Waals surface area contributed by atoms with E-state index in [2.05, 4.69) is 11.7 Å². The molecule has 4 rings (SSSR count). The number of para-hydroxylation sites is 1.